The summed E-state index contributed by atoms with van der Waals surface area (Å²) >= 11 is 0. The summed E-state index contributed by atoms with van der Waals surface area (Å²) in [6.07, 6.45) is 5.49. The summed E-state index contributed by atoms with van der Waals surface area (Å²) < 4.78 is 20.1. The Balaban J connectivity index is 1.16. The Morgan fingerprint density at radius 3 is 2.41 bits per heavy atom. The summed E-state index contributed by atoms with van der Waals surface area (Å²) in [4.78, 5) is 52.0. The summed E-state index contributed by atoms with van der Waals surface area (Å²) in [5.41, 5.74) is 7.84. The topological polar surface area (TPSA) is 143 Å². The number of ether oxygens (including phenoxy) is 1. The number of hydrogen-bond donors (Lipinski definition) is 4. The number of amides is 4. The molecule has 3 aromatic carbocycles. The van der Waals surface area contributed by atoms with Gasteiger partial charge in [-0.2, -0.15) is 0 Å². The van der Waals surface area contributed by atoms with Crippen molar-refractivity contribution in [2.75, 3.05) is 30.3 Å². The third-order valence-electron chi connectivity index (χ3n) is 7.57. The number of carbonyl (C=O) groups excluding carboxylic acids is 4. The molecular weight excluding hydrogens is 565 g/mol. The molecule has 0 saturated heterocycles. The summed E-state index contributed by atoms with van der Waals surface area (Å²) in [6, 6.07) is 16.0. The third-order valence-corrected chi connectivity index (χ3v) is 7.57. The van der Waals surface area contributed by atoms with Crippen molar-refractivity contribution in [2.24, 2.45) is 5.73 Å². The minimum Gasteiger partial charge on any atom is -0.482 e. The normalized spacial score (nSPS) is 13.7. The second-order valence-corrected chi connectivity index (χ2v) is 11.0. The number of nitrogens with two attached hydrogens (primary N) is 1. The van der Waals surface area contributed by atoms with E-state index in [4.69, 9.17) is 10.5 Å². The number of carbonyl (C=O) groups is 4. The Bertz CT molecular complexity index is 1540. The zero-order valence-electron chi connectivity index (χ0n) is 24.4. The highest BCUT2D eigenvalue weighted by Gasteiger charge is 2.33. The van der Waals surface area contributed by atoms with Crippen molar-refractivity contribution in [1.82, 2.24) is 10.2 Å². The van der Waals surface area contributed by atoms with Crippen LogP contribution in [0, 0.1) is 5.82 Å². The van der Waals surface area contributed by atoms with E-state index in [0.717, 1.165) is 50.2 Å². The van der Waals surface area contributed by atoms with Crippen LogP contribution in [0.15, 0.2) is 60.7 Å². The van der Waals surface area contributed by atoms with E-state index in [0.29, 0.717) is 42.2 Å². The smallest absolute Gasteiger partial charge is 0.262 e. The van der Waals surface area contributed by atoms with Gasteiger partial charge in [0.2, 0.25) is 0 Å². The van der Waals surface area contributed by atoms with Crippen LogP contribution in [-0.4, -0.2) is 54.3 Å². The van der Waals surface area contributed by atoms with E-state index in [9.17, 15) is 23.6 Å². The van der Waals surface area contributed by atoms with Crippen LogP contribution in [0.1, 0.15) is 75.2 Å². The van der Waals surface area contributed by atoms with E-state index in [1.165, 1.54) is 12.1 Å². The van der Waals surface area contributed by atoms with Gasteiger partial charge in [-0.05, 0) is 86.3 Å². The monoisotopic (exact) mass is 601 g/mol. The Labute approximate surface area is 255 Å². The number of unbranched alkanes of at least 4 members (excludes halogenated alkanes) is 3. The quantitative estimate of drug-likeness (QED) is 0.213. The van der Waals surface area contributed by atoms with Crippen LogP contribution in [0.4, 0.5) is 15.8 Å². The molecule has 3 aromatic rings. The molecule has 4 amide bonds. The molecule has 230 valence electrons. The summed E-state index contributed by atoms with van der Waals surface area (Å²) in [7, 11) is 0. The molecule has 0 unspecified atom stereocenters. The molecule has 0 atom stereocenters. The molecule has 1 heterocycles. The number of nitrogens with zero attached hydrogens (tertiary/aromatic N) is 1. The maximum atomic E-state index is 14.7. The molecule has 1 fully saturated rings. The van der Waals surface area contributed by atoms with E-state index >= 15 is 0 Å². The van der Waals surface area contributed by atoms with E-state index in [1.54, 1.807) is 47.4 Å². The Morgan fingerprint density at radius 2 is 1.68 bits per heavy atom. The number of nitrogens with one attached hydrogen (secondary N) is 3. The van der Waals surface area contributed by atoms with Gasteiger partial charge >= 0.3 is 0 Å². The minimum atomic E-state index is -0.723. The van der Waals surface area contributed by atoms with Crippen molar-refractivity contribution in [1.29, 1.82) is 0 Å². The zero-order chi connectivity index (χ0) is 31.1. The minimum absolute atomic E-state index is 0.0845. The molecule has 0 bridgehead atoms. The lowest BCUT2D eigenvalue weighted by molar-refractivity contribution is -0.118. The van der Waals surface area contributed by atoms with Crippen LogP contribution >= 0.6 is 0 Å². The molecule has 1 saturated carbocycles. The summed E-state index contributed by atoms with van der Waals surface area (Å²) in [5, 5.41) is 8.11. The fourth-order valence-corrected chi connectivity index (χ4v) is 4.98. The molecule has 5 N–H and O–H groups in total. The van der Waals surface area contributed by atoms with Crippen LogP contribution in [0.3, 0.4) is 0 Å². The van der Waals surface area contributed by atoms with Gasteiger partial charge in [-0.25, -0.2) is 4.39 Å². The van der Waals surface area contributed by atoms with E-state index < -0.39 is 17.6 Å². The highest BCUT2D eigenvalue weighted by molar-refractivity contribution is 6.04. The van der Waals surface area contributed by atoms with Crippen LogP contribution in [0.2, 0.25) is 0 Å². The molecule has 5 rings (SSSR count). The van der Waals surface area contributed by atoms with Gasteiger partial charge < -0.3 is 31.3 Å². The Hall–Kier alpha value is -4.77. The lowest BCUT2D eigenvalue weighted by Gasteiger charge is -2.24. The molecular formula is C33H36FN5O5. The second kappa shape index (κ2) is 14.1. The first-order valence-electron chi connectivity index (χ1n) is 14.9. The number of hydrogen-bond acceptors (Lipinski definition) is 6. The highest BCUT2D eigenvalue weighted by Crippen LogP contribution is 2.33. The standard InChI is InChI=1S/C33H36FN5O5/c34-27-18-24(10-13-26(27)32(42)36-16-4-2-1-3-15-35)37-31(41)22-7-5-21(6-8-22)19-39(25-11-12-25)33(43)23-9-14-28-29(17-23)44-20-30(40)38-28/h5-10,13-14,17-18,25H,1-4,11-12,15-16,19-20,35H2,(H,36,42)(H,37,41)(H,38,40). The fraction of sp³-hybridized carbons (Fsp3) is 0.333. The first kappa shape index (κ1) is 30.7. The molecule has 10 nitrogen and oxygen atoms in total. The van der Waals surface area contributed by atoms with Gasteiger partial charge in [-0.3, -0.25) is 19.2 Å². The SMILES string of the molecule is NCCCCCCNC(=O)c1ccc(NC(=O)c2ccc(CN(C(=O)c3ccc4c(c3)OCC(=O)N4)C3CC3)cc2)cc1F. The number of rotatable bonds is 13. The molecule has 0 aromatic heterocycles. The van der Waals surface area contributed by atoms with Crippen molar-refractivity contribution in [3.8, 4) is 5.75 Å². The van der Waals surface area contributed by atoms with Gasteiger partial charge in [0.25, 0.3) is 23.6 Å². The molecule has 44 heavy (non-hydrogen) atoms. The molecule has 1 aliphatic heterocycles. The van der Waals surface area contributed by atoms with Gasteiger partial charge in [0.15, 0.2) is 6.61 Å². The van der Waals surface area contributed by atoms with Gasteiger partial charge in [0.05, 0.1) is 11.3 Å². The molecule has 0 spiro atoms. The van der Waals surface area contributed by atoms with Gasteiger partial charge in [-0.15, -0.1) is 0 Å². The first-order chi connectivity index (χ1) is 21.3. The number of anilines is 2. The first-order valence-corrected chi connectivity index (χ1v) is 14.9. The fourth-order valence-electron chi connectivity index (χ4n) is 4.98. The molecule has 11 heteroatoms. The average Bonchev–Trinajstić information content (AvgIpc) is 3.87. The lowest BCUT2D eigenvalue weighted by Crippen LogP contribution is -2.33. The van der Waals surface area contributed by atoms with E-state index in [1.807, 2.05) is 0 Å². The van der Waals surface area contributed by atoms with Gasteiger partial charge in [0.1, 0.15) is 11.6 Å². The number of benzene rings is 3. The number of fused-ring (bicyclic) bond motifs is 1. The van der Waals surface area contributed by atoms with E-state index in [2.05, 4.69) is 16.0 Å². The molecule has 2 aliphatic rings. The molecule has 0 radical (unpaired) electrons. The van der Waals surface area contributed by atoms with Crippen LogP contribution in [0.5, 0.6) is 5.75 Å². The Kier molecular flexibility index (Phi) is 9.86. The van der Waals surface area contributed by atoms with Crippen LogP contribution < -0.4 is 26.4 Å². The number of halogens is 1. The largest absolute Gasteiger partial charge is 0.482 e. The summed E-state index contributed by atoms with van der Waals surface area (Å²) in [5.74, 6) is -1.56. The van der Waals surface area contributed by atoms with Crippen LogP contribution in [0.25, 0.3) is 0 Å². The van der Waals surface area contributed by atoms with E-state index in [-0.39, 0.29) is 35.7 Å². The zero-order valence-corrected chi connectivity index (χ0v) is 24.4. The maximum absolute atomic E-state index is 14.7. The van der Waals surface area contributed by atoms with Crippen molar-refractivity contribution in [2.45, 2.75) is 51.1 Å². The van der Waals surface area contributed by atoms with Crippen LogP contribution in [-0.2, 0) is 11.3 Å². The van der Waals surface area contributed by atoms with Crippen molar-refractivity contribution in [3.63, 3.8) is 0 Å². The molecule has 1 aliphatic carbocycles. The highest BCUT2D eigenvalue weighted by atomic mass is 19.1. The van der Waals surface area contributed by atoms with Crippen molar-refractivity contribution in [3.05, 3.63) is 88.7 Å². The third kappa shape index (κ3) is 7.78. The van der Waals surface area contributed by atoms with Gasteiger partial charge in [0, 0.05) is 35.9 Å². The predicted molar refractivity (Wildman–Crippen MR) is 164 cm³/mol. The van der Waals surface area contributed by atoms with Gasteiger partial charge in [-0.1, -0.05) is 25.0 Å². The van der Waals surface area contributed by atoms with Crippen molar-refractivity contribution < 1.29 is 28.3 Å². The maximum Gasteiger partial charge on any atom is 0.262 e. The van der Waals surface area contributed by atoms with Crippen molar-refractivity contribution >= 4 is 35.0 Å². The summed E-state index contributed by atoms with van der Waals surface area (Å²) in [6.45, 7) is 1.37. The average molecular weight is 602 g/mol. The Morgan fingerprint density at radius 1 is 0.932 bits per heavy atom. The predicted octanol–water partition coefficient (Wildman–Crippen LogP) is 4.46. The second-order valence-electron chi connectivity index (χ2n) is 11.0. The lowest BCUT2D eigenvalue weighted by atomic mass is 10.1.